The SMILES string of the molecule is CC(=O)OCC12C(OC(C)=O)CCC(C)C13CC(C(OC(C)=O)C2OC(=O)c1ccco1)C(C)(C)O3. The van der Waals surface area contributed by atoms with Gasteiger partial charge in [0.2, 0.25) is 5.76 Å². The first-order valence-corrected chi connectivity index (χ1v) is 12.3. The van der Waals surface area contributed by atoms with Gasteiger partial charge in [-0.15, -0.1) is 0 Å². The van der Waals surface area contributed by atoms with Gasteiger partial charge in [0.05, 0.1) is 17.5 Å². The van der Waals surface area contributed by atoms with Crippen LogP contribution in [-0.4, -0.2) is 60.0 Å². The van der Waals surface area contributed by atoms with Crippen molar-refractivity contribution >= 4 is 23.9 Å². The number of carbonyl (C=O) groups excluding carboxylic acids is 4. The van der Waals surface area contributed by atoms with E-state index in [1.165, 1.54) is 33.1 Å². The summed E-state index contributed by atoms with van der Waals surface area (Å²) in [4.78, 5) is 49.9. The number of hydrogen-bond acceptors (Lipinski definition) is 10. The molecule has 10 heteroatoms. The minimum absolute atomic E-state index is 0.0424. The molecule has 0 aromatic carbocycles. The average Bonchev–Trinajstić information content (AvgIpc) is 3.38. The fourth-order valence-corrected chi connectivity index (χ4v) is 6.77. The van der Waals surface area contributed by atoms with E-state index in [1.807, 2.05) is 20.8 Å². The lowest BCUT2D eigenvalue weighted by Crippen LogP contribution is -2.74. The van der Waals surface area contributed by atoms with Crippen LogP contribution < -0.4 is 0 Å². The summed E-state index contributed by atoms with van der Waals surface area (Å²) in [5.74, 6) is -2.90. The van der Waals surface area contributed by atoms with E-state index in [-0.39, 0.29) is 24.2 Å². The molecule has 2 bridgehead atoms. The third kappa shape index (κ3) is 4.09. The van der Waals surface area contributed by atoms with Gasteiger partial charge in [0.1, 0.15) is 24.2 Å². The van der Waals surface area contributed by atoms with E-state index in [9.17, 15) is 19.2 Å². The van der Waals surface area contributed by atoms with Crippen LogP contribution in [0.2, 0.25) is 0 Å². The number of rotatable bonds is 6. The first kappa shape index (κ1) is 26.2. The Hall–Kier alpha value is -2.88. The van der Waals surface area contributed by atoms with Gasteiger partial charge >= 0.3 is 23.9 Å². The Balaban J connectivity index is 1.95. The van der Waals surface area contributed by atoms with Crippen molar-refractivity contribution in [3.63, 3.8) is 0 Å². The molecule has 3 aliphatic rings. The Labute approximate surface area is 209 Å². The fourth-order valence-electron chi connectivity index (χ4n) is 6.77. The van der Waals surface area contributed by atoms with E-state index in [1.54, 1.807) is 6.07 Å². The highest BCUT2D eigenvalue weighted by molar-refractivity contribution is 5.86. The summed E-state index contributed by atoms with van der Waals surface area (Å²) in [5.41, 5.74) is -3.14. The highest BCUT2D eigenvalue weighted by atomic mass is 16.6. The fraction of sp³-hybridized carbons (Fsp3) is 0.692. The number of furan rings is 1. The largest absolute Gasteiger partial charge is 0.465 e. The molecule has 3 fully saturated rings. The molecule has 1 saturated heterocycles. The molecule has 36 heavy (non-hydrogen) atoms. The van der Waals surface area contributed by atoms with Crippen LogP contribution in [0.3, 0.4) is 0 Å². The van der Waals surface area contributed by atoms with E-state index in [2.05, 4.69) is 0 Å². The molecule has 1 aromatic heterocycles. The van der Waals surface area contributed by atoms with Crippen molar-refractivity contribution in [2.45, 2.75) is 90.3 Å². The maximum atomic E-state index is 13.3. The molecule has 0 amide bonds. The summed E-state index contributed by atoms with van der Waals surface area (Å²) in [7, 11) is 0. The van der Waals surface area contributed by atoms with Gasteiger partial charge in [-0.25, -0.2) is 4.79 Å². The van der Waals surface area contributed by atoms with E-state index in [0.29, 0.717) is 19.3 Å². The maximum absolute atomic E-state index is 13.3. The van der Waals surface area contributed by atoms with Crippen LogP contribution in [0.4, 0.5) is 0 Å². The summed E-state index contributed by atoms with van der Waals surface area (Å²) < 4.78 is 35.5. The molecule has 1 aromatic rings. The minimum atomic E-state index is -1.35. The molecule has 2 saturated carbocycles. The zero-order valence-corrected chi connectivity index (χ0v) is 21.5. The van der Waals surface area contributed by atoms with E-state index in [4.69, 9.17) is 28.1 Å². The number of carbonyl (C=O) groups is 4. The Kier molecular flexibility index (Phi) is 6.70. The number of hydrogen-bond donors (Lipinski definition) is 0. The number of ether oxygens (including phenoxy) is 5. The van der Waals surface area contributed by atoms with Crippen molar-refractivity contribution < 1.29 is 47.3 Å². The number of fused-ring (bicyclic) bond motifs is 1. The second kappa shape index (κ2) is 9.21. The summed E-state index contributed by atoms with van der Waals surface area (Å²) >= 11 is 0. The third-order valence-electron chi connectivity index (χ3n) is 8.17. The second-order valence-electron chi connectivity index (χ2n) is 10.7. The van der Waals surface area contributed by atoms with Crippen LogP contribution >= 0.6 is 0 Å². The zero-order chi connectivity index (χ0) is 26.5. The van der Waals surface area contributed by atoms with Crippen LogP contribution in [-0.2, 0) is 38.1 Å². The van der Waals surface area contributed by atoms with Crippen molar-refractivity contribution in [3.8, 4) is 0 Å². The smallest absolute Gasteiger partial charge is 0.374 e. The Bertz CT molecular complexity index is 1030. The average molecular weight is 507 g/mol. The summed E-state index contributed by atoms with van der Waals surface area (Å²) in [6.07, 6.45) is -0.0890. The predicted molar refractivity (Wildman–Crippen MR) is 122 cm³/mol. The molecule has 198 valence electrons. The molecule has 2 heterocycles. The van der Waals surface area contributed by atoms with E-state index < -0.39 is 58.8 Å². The molecule has 0 radical (unpaired) electrons. The van der Waals surface area contributed by atoms with Crippen molar-refractivity contribution in [2.75, 3.05) is 6.61 Å². The molecule has 0 N–H and O–H groups in total. The Morgan fingerprint density at radius 3 is 2.28 bits per heavy atom. The molecule has 1 spiro atoms. The van der Waals surface area contributed by atoms with Crippen LogP contribution in [0, 0.1) is 17.3 Å². The Morgan fingerprint density at radius 2 is 1.69 bits per heavy atom. The molecule has 1 aliphatic heterocycles. The maximum Gasteiger partial charge on any atom is 0.374 e. The van der Waals surface area contributed by atoms with Gasteiger partial charge in [-0.1, -0.05) is 6.92 Å². The third-order valence-corrected chi connectivity index (χ3v) is 8.17. The van der Waals surface area contributed by atoms with Crippen molar-refractivity contribution in [2.24, 2.45) is 17.3 Å². The normalized spacial score (nSPS) is 36.3. The summed E-state index contributed by atoms with van der Waals surface area (Å²) in [5, 5.41) is 0. The number of esters is 4. The predicted octanol–water partition coefficient (Wildman–Crippen LogP) is 3.22. The lowest BCUT2D eigenvalue weighted by atomic mass is 9.49. The van der Waals surface area contributed by atoms with Crippen LogP contribution in [0.1, 0.15) is 71.4 Å². The summed E-state index contributed by atoms with van der Waals surface area (Å²) in [6.45, 7) is 9.42. The van der Waals surface area contributed by atoms with Crippen molar-refractivity contribution in [3.05, 3.63) is 24.2 Å². The quantitative estimate of drug-likeness (QED) is 0.419. The minimum Gasteiger partial charge on any atom is -0.465 e. The molecular formula is C26H34O10. The van der Waals surface area contributed by atoms with Gasteiger partial charge in [0, 0.05) is 26.7 Å². The molecule has 10 nitrogen and oxygen atoms in total. The topological polar surface area (TPSA) is 128 Å². The zero-order valence-electron chi connectivity index (χ0n) is 21.5. The van der Waals surface area contributed by atoms with Crippen molar-refractivity contribution in [1.29, 1.82) is 0 Å². The van der Waals surface area contributed by atoms with Crippen LogP contribution in [0.25, 0.3) is 0 Å². The van der Waals surface area contributed by atoms with E-state index in [0.717, 1.165) is 0 Å². The van der Waals surface area contributed by atoms with Crippen LogP contribution in [0.15, 0.2) is 22.8 Å². The van der Waals surface area contributed by atoms with Gasteiger partial charge in [0.15, 0.2) is 6.10 Å². The summed E-state index contributed by atoms with van der Waals surface area (Å²) in [6, 6.07) is 3.01. The van der Waals surface area contributed by atoms with Gasteiger partial charge in [-0.3, -0.25) is 14.4 Å². The van der Waals surface area contributed by atoms with Crippen LogP contribution in [0.5, 0.6) is 0 Å². The molecule has 7 unspecified atom stereocenters. The molecule has 2 aliphatic carbocycles. The van der Waals surface area contributed by atoms with Crippen molar-refractivity contribution in [1.82, 2.24) is 0 Å². The lowest BCUT2D eigenvalue weighted by Gasteiger charge is -2.61. The molecule has 4 rings (SSSR count). The monoisotopic (exact) mass is 506 g/mol. The first-order chi connectivity index (χ1) is 16.8. The van der Waals surface area contributed by atoms with E-state index >= 15 is 0 Å². The Morgan fingerprint density at radius 1 is 1.00 bits per heavy atom. The van der Waals surface area contributed by atoms with Gasteiger partial charge in [0.25, 0.3) is 0 Å². The highest BCUT2D eigenvalue weighted by Gasteiger charge is 2.79. The van der Waals surface area contributed by atoms with Gasteiger partial charge in [-0.05, 0) is 51.2 Å². The molecule has 7 atom stereocenters. The highest BCUT2D eigenvalue weighted by Crippen LogP contribution is 2.67. The van der Waals surface area contributed by atoms with Gasteiger partial charge in [-0.2, -0.15) is 0 Å². The first-order valence-electron chi connectivity index (χ1n) is 12.3. The lowest BCUT2D eigenvalue weighted by molar-refractivity contribution is -0.288. The standard InChI is InChI=1S/C26H34O10/c1-14-9-10-20(33-16(3)28)25(13-32-15(2)27)22(35-23(30)19-8-7-11-31-19)21(34-17(4)29)18-12-26(14,25)36-24(18,5)6/h7-8,11,14,18,20-22H,9-10,12-13H2,1-6H3. The molecular weight excluding hydrogens is 472 g/mol. The second-order valence-corrected chi connectivity index (χ2v) is 10.7. The van der Waals surface area contributed by atoms with Gasteiger partial charge < -0.3 is 28.1 Å².